The van der Waals surface area contributed by atoms with Crippen molar-refractivity contribution in [3.8, 4) is 17.0 Å². The van der Waals surface area contributed by atoms with E-state index in [1.54, 1.807) is 6.92 Å². The van der Waals surface area contributed by atoms with Crippen LogP contribution in [0.4, 0.5) is 17.6 Å². The number of fused-ring (bicyclic) bond motifs is 1. The number of pyridine rings is 1. The summed E-state index contributed by atoms with van der Waals surface area (Å²) in [6.07, 6.45) is -0.337. The normalized spacial score (nSPS) is 18.9. The van der Waals surface area contributed by atoms with Crippen LogP contribution < -0.4 is 4.74 Å². The molecule has 0 aliphatic carbocycles. The molecule has 0 N–H and O–H groups in total. The average molecular weight is 383 g/mol. The van der Waals surface area contributed by atoms with Crippen LogP contribution in [0.15, 0.2) is 24.3 Å². The Kier molecular flexibility index (Phi) is 5.46. The summed E-state index contributed by atoms with van der Waals surface area (Å²) >= 11 is 0. The number of halogens is 4. The van der Waals surface area contributed by atoms with Gasteiger partial charge in [-0.3, -0.25) is 4.79 Å². The molecule has 8 heteroatoms. The molecule has 0 bridgehead atoms. The predicted octanol–water partition coefficient (Wildman–Crippen LogP) is 4.41. The quantitative estimate of drug-likeness (QED) is 0.567. The number of aromatic nitrogens is 1. The largest absolute Gasteiger partial charge is 0.471 e. The van der Waals surface area contributed by atoms with Gasteiger partial charge in [-0.05, 0) is 36.1 Å². The zero-order valence-corrected chi connectivity index (χ0v) is 14.6. The van der Waals surface area contributed by atoms with Crippen molar-refractivity contribution in [2.75, 3.05) is 6.61 Å². The Labute approximate surface area is 153 Å². The number of carbonyl (C=O) groups is 1. The predicted molar refractivity (Wildman–Crippen MR) is 88.8 cm³/mol. The lowest BCUT2D eigenvalue weighted by Gasteiger charge is -2.32. The highest BCUT2D eigenvalue weighted by Crippen LogP contribution is 2.38. The average Bonchev–Trinajstić information content (AvgIpc) is 2.59. The summed E-state index contributed by atoms with van der Waals surface area (Å²) in [5.74, 6) is -2.02. The maximum atomic E-state index is 14.3. The summed E-state index contributed by atoms with van der Waals surface area (Å²) in [5.41, 5.74) is 1.04. The van der Waals surface area contributed by atoms with Gasteiger partial charge in [0.2, 0.25) is 5.88 Å². The molecule has 2 aromatic rings. The summed E-state index contributed by atoms with van der Waals surface area (Å²) in [6, 6.07) is 4.58. The van der Waals surface area contributed by atoms with Gasteiger partial charge in [-0.25, -0.2) is 13.8 Å². The monoisotopic (exact) mass is 383 g/mol. The standard InChI is InChI=1S/C19H17F4NO3/c1-9-5-14-13(12-4-3-11(20)6-15(12)21)7-16(10(2)25)24-18(14)27-17(9)8-26-19(22)23/h3-4,6-7,9,17,19H,5,8H2,1-2H3/t9-,17+/m0/s1. The summed E-state index contributed by atoms with van der Waals surface area (Å²) in [5, 5.41) is 0. The smallest absolute Gasteiger partial charge is 0.345 e. The first-order valence-corrected chi connectivity index (χ1v) is 8.33. The molecule has 0 saturated carbocycles. The molecule has 1 aliphatic heterocycles. The number of benzene rings is 1. The van der Waals surface area contributed by atoms with E-state index in [4.69, 9.17) is 4.74 Å². The number of nitrogens with zero attached hydrogens (tertiary/aromatic N) is 1. The zero-order chi connectivity index (χ0) is 19.7. The van der Waals surface area contributed by atoms with Crippen LogP contribution in [-0.4, -0.2) is 30.1 Å². The van der Waals surface area contributed by atoms with Gasteiger partial charge in [-0.1, -0.05) is 6.92 Å². The number of carbonyl (C=O) groups excluding carboxylic acids is 1. The van der Waals surface area contributed by atoms with Crippen molar-refractivity contribution in [1.29, 1.82) is 0 Å². The molecule has 1 aromatic heterocycles. The third-order valence-electron chi connectivity index (χ3n) is 4.48. The molecular weight excluding hydrogens is 366 g/mol. The van der Waals surface area contributed by atoms with Crippen molar-refractivity contribution in [2.45, 2.75) is 33.0 Å². The number of hydrogen-bond donors (Lipinski definition) is 0. The number of ether oxygens (including phenoxy) is 2. The highest BCUT2D eigenvalue weighted by Gasteiger charge is 2.32. The molecule has 2 heterocycles. The van der Waals surface area contributed by atoms with E-state index in [1.165, 1.54) is 19.1 Å². The lowest BCUT2D eigenvalue weighted by atomic mass is 9.88. The van der Waals surface area contributed by atoms with Crippen molar-refractivity contribution in [3.63, 3.8) is 0 Å². The van der Waals surface area contributed by atoms with E-state index >= 15 is 0 Å². The lowest BCUT2D eigenvalue weighted by molar-refractivity contribution is -0.150. The maximum Gasteiger partial charge on any atom is 0.345 e. The minimum Gasteiger partial charge on any atom is -0.471 e. The van der Waals surface area contributed by atoms with Gasteiger partial charge in [0.1, 0.15) is 23.4 Å². The van der Waals surface area contributed by atoms with Crippen LogP contribution in [0.3, 0.4) is 0 Å². The summed E-state index contributed by atoms with van der Waals surface area (Å²) in [4.78, 5) is 16.0. The Morgan fingerprint density at radius 3 is 2.67 bits per heavy atom. The van der Waals surface area contributed by atoms with Crippen LogP contribution in [0, 0.1) is 17.6 Å². The highest BCUT2D eigenvalue weighted by atomic mass is 19.3. The first-order chi connectivity index (χ1) is 12.8. The number of alkyl halides is 2. The van der Waals surface area contributed by atoms with Gasteiger partial charge in [0, 0.05) is 24.1 Å². The lowest BCUT2D eigenvalue weighted by Crippen LogP contribution is -2.36. The molecule has 4 nitrogen and oxygen atoms in total. The van der Waals surface area contributed by atoms with Crippen molar-refractivity contribution in [3.05, 3.63) is 47.2 Å². The molecule has 1 aliphatic rings. The van der Waals surface area contributed by atoms with Gasteiger partial charge in [0.05, 0.1) is 6.61 Å². The third-order valence-corrected chi connectivity index (χ3v) is 4.48. The number of hydrogen-bond acceptors (Lipinski definition) is 4. The molecule has 0 unspecified atom stereocenters. The second-order valence-corrected chi connectivity index (χ2v) is 6.45. The fourth-order valence-corrected chi connectivity index (χ4v) is 3.05. The number of ketones is 1. The Morgan fingerprint density at radius 1 is 1.30 bits per heavy atom. The fourth-order valence-electron chi connectivity index (χ4n) is 3.05. The van der Waals surface area contributed by atoms with Gasteiger partial charge in [-0.2, -0.15) is 8.78 Å². The van der Waals surface area contributed by atoms with E-state index in [9.17, 15) is 22.4 Å². The molecular formula is C19H17F4NO3. The van der Waals surface area contributed by atoms with E-state index in [1.807, 2.05) is 0 Å². The first kappa shape index (κ1) is 19.3. The van der Waals surface area contributed by atoms with E-state index in [0.29, 0.717) is 17.5 Å². The molecule has 2 atom stereocenters. The summed E-state index contributed by atoms with van der Waals surface area (Å²) in [7, 11) is 0. The van der Waals surface area contributed by atoms with Crippen LogP contribution in [0.2, 0.25) is 0 Å². The topological polar surface area (TPSA) is 48.4 Å². The minimum atomic E-state index is -2.93. The van der Waals surface area contributed by atoms with Gasteiger partial charge in [0.25, 0.3) is 0 Å². The molecule has 144 valence electrons. The molecule has 0 radical (unpaired) electrons. The highest BCUT2D eigenvalue weighted by molar-refractivity contribution is 5.94. The van der Waals surface area contributed by atoms with Crippen LogP contribution in [0.25, 0.3) is 11.1 Å². The number of Topliss-reactive ketones (excluding diaryl/α,β-unsaturated/α-hetero) is 1. The van der Waals surface area contributed by atoms with Crippen LogP contribution in [0.5, 0.6) is 5.88 Å². The minimum absolute atomic E-state index is 0.0376. The van der Waals surface area contributed by atoms with Crippen LogP contribution >= 0.6 is 0 Å². The van der Waals surface area contributed by atoms with Gasteiger partial charge >= 0.3 is 6.61 Å². The summed E-state index contributed by atoms with van der Waals surface area (Å²) < 4.78 is 62.3. The molecule has 0 amide bonds. The molecule has 3 rings (SSSR count). The van der Waals surface area contributed by atoms with Crippen molar-refractivity contribution in [1.82, 2.24) is 4.98 Å². The van der Waals surface area contributed by atoms with E-state index in [2.05, 4.69) is 9.72 Å². The van der Waals surface area contributed by atoms with E-state index < -0.39 is 24.3 Å². The Bertz CT molecular complexity index is 872. The zero-order valence-electron chi connectivity index (χ0n) is 14.6. The van der Waals surface area contributed by atoms with Gasteiger partial charge in [-0.15, -0.1) is 0 Å². The van der Waals surface area contributed by atoms with E-state index in [0.717, 1.165) is 12.1 Å². The Balaban J connectivity index is 2.07. The molecule has 1 aromatic carbocycles. The number of rotatable bonds is 5. The van der Waals surface area contributed by atoms with Crippen molar-refractivity contribution in [2.24, 2.45) is 5.92 Å². The van der Waals surface area contributed by atoms with Gasteiger partial charge in [0.15, 0.2) is 5.78 Å². The SMILES string of the molecule is CC(=O)c1cc(-c2ccc(F)cc2F)c2c(n1)O[C@H](COC(F)F)[C@@H](C)C2. The fraction of sp³-hybridized carbons (Fsp3) is 0.368. The Hall–Kier alpha value is -2.48. The Morgan fingerprint density at radius 2 is 2.04 bits per heavy atom. The summed E-state index contributed by atoms with van der Waals surface area (Å²) in [6.45, 7) is -0.193. The molecule has 0 saturated heterocycles. The first-order valence-electron chi connectivity index (χ1n) is 8.33. The van der Waals surface area contributed by atoms with Crippen LogP contribution in [0.1, 0.15) is 29.9 Å². The third kappa shape index (κ3) is 4.10. The maximum absolute atomic E-state index is 14.3. The molecule has 0 spiro atoms. The van der Waals surface area contributed by atoms with Gasteiger partial charge < -0.3 is 9.47 Å². The van der Waals surface area contributed by atoms with Crippen molar-refractivity contribution >= 4 is 5.78 Å². The van der Waals surface area contributed by atoms with E-state index in [-0.39, 0.29) is 35.4 Å². The second-order valence-electron chi connectivity index (χ2n) is 6.45. The molecule has 27 heavy (non-hydrogen) atoms. The van der Waals surface area contributed by atoms with Crippen molar-refractivity contribution < 1.29 is 31.8 Å². The molecule has 0 fully saturated rings. The second kappa shape index (κ2) is 7.64. The van der Waals surface area contributed by atoms with Crippen LogP contribution in [-0.2, 0) is 11.2 Å².